The fourth-order valence-electron chi connectivity index (χ4n) is 3.21. The van der Waals surface area contributed by atoms with Gasteiger partial charge in [0.25, 0.3) is 0 Å². The van der Waals surface area contributed by atoms with Crippen LogP contribution in [0.15, 0.2) is 11.8 Å². The van der Waals surface area contributed by atoms with Gasteiger partial charge in [-0.3, -0.25) is 0 Å². The molecule has 0 radical (unpaired) electrons. The molecule has 0 aliphatic rings. The molecule has 0 rings (SSSR count). The topological polar surface area (TPSA) is 26.0 Å². The van der Waals surface area contributed by atoms with E-state index in [-0.39, 0.29) is 0 Å². The van der Waals surface area contributed by atoms with Crippen LogP contribution in [-0.4, -0.2) is 14.6 Å². The molecule has 0 aliphatic heterocycles. The summed E-state index contributed by atoms with van der Waals surface area (Å²) in [7, 11) is -1.27. The summed E-state index contributed by atoms with van der Waals surface area (Å²) in [5, 5.41) is 0. The van der Waals surface area contributed by atoms with E-state index in [1.54, 1.807) is 0 Å². The predicted molar refractivity (Wildman–Crippen MR) is 82.9 cm³/mol. The van der Waals surface area contributed by atoms with Crippen molar-refractivity contribution in [3.05, 3.63) is 11.8 Å². The van der Waals surface area contributed by atoms with E-state index in [2.05, 4.69) is 53.3 Å². The van der Waals surface area contributed by atoms with E-state index in [0.717, 1.165) is 17.8 Å². The normalized spacial score (nSPS) is 13.5. The van der Waals surface area contributed by atoms with Crippen LogP contribution in [0.2, 0.25) is 18.1 Å². The summed E-state index contributed by atoms with van der Waals surface area (Å²) in [5.74, 6) is 2.42. The fraction of sp³-hybridized carbons (Fsp3) is 0.867. The largest absolute Gasteiger partial charge is 0.327 e. The van der Waals surface area contributed by atoms with Crippen molar-refractivity contribution in [2.24, 2.45) is 23.5 Å². The van der Waals surface area contributed by atoms with E-state index >= 15 is 0 Å². The van der Waals surface area contributed by atoms with Crippen molar-refractivity contribution >= 4 is 8.07 Å². The Morgan fingerprint density at radius 3 is 1.41 bits per heavy atom. The van der Waals surface area contributed by atoms with Gasteiger partial charge in [0.15, 0.2) is 0 Å². The molecule has 0 unspecified atom stereocenters. The molecule has 0 amide bonds. The Bertz CT molecular complexity index is 192. The molecular formula is C15H33NSi. The third-order valence-electron chi connectivity index (χ3n) is 3.05. The lowest BCUT2D eigenvalue weighted by atomic mass is 10.2. The van der Waals surface area contributed by atoms with Crippen LogP contribution in [0.5, 0.6) is 0 Å². The van der Waals surface area contributed by atoms with Gasteiger partial charge < -0.3 is 5.73 Å². The van der Waals surface area contributed by atoms with Crippen LogP contribution in [0.4, 0.5) is 0 Å². The average molecular weight is 256 g/mol. The van der Waals surface area contributed by atoms with Crippen LogP contribution in [0.3, 0.4) is 0 Å². The van der Waals surface area contributed by atoms with Crippen molar-refractivity contribution in [3.63, 3.8) is 0 Å². The van der Waals surface area contributed by atoms with Gasteiger partial charge in [-0.25, -0.2) is 0 Å². The Morgan fingerprint density at radius 1 is 0.824 bits per heavy atom. The van der Waals surface area contributed by atoms with Crippen molar-refractivity contribution in [1.82, 2.24) is 0 Å². The Balaban J connectivity index is 4.96. The zero-order valence-corrected chi connectivity index (χ0v) is 13.8. The molecule has 0 bridgehead atoms. The lowest BCUT2D eigenvalue weighted by Crippen LogP contribution is -2.37. The molecule has 2 N–H and O–H groups in total. The van der Waals surface area contributed by atoms with Crippen molar-refractivity contribution in [3.8, 4) is 0 Å². The number of hydrogen-bond donors (Lipinski definition) is 1. The summed E-state index contributed by atoms with van der Waals surface area (Å²) < 4.78 is 0. The number of rotatable bonds is 8. The summed E-state index contributed by atoms with van der Waals surface area (Å²) in [5.41, 5.74) is 8.21. The minimum absolute atomic E-state index is 0.697. The van der Waals surface area contributed by atoms with Crippen LogP contribution in [0, 0.1) is 17.8 Å². The smallest absolute Gasteiger partial charge is 0.0782 e. The molecule has 0 aromatic carbocycles. The van der Waals surface area contributed by atoms with Gasteiger partial charge in [-0.2, -0.15) is 0 Å². The van der Waals surface area contributed by atoms with E-state index in [9.17, 15) is 0 Å². The van der Waals surface area contributed by atoms with E-state index in [1.165, 1.54) is 18.1 Å². The molecule has 0 saturated heterocycles. The maximum absolute atomic E-state index is 5.66. The highest BCUT2D eigenvalue weighted by Gasteiger charge is 2.32. The summed E-state index contributed by atoms with van der Waals surface area (Å²) in [4.78, 5) is 0. The van der Waals surface area contributed by atoms with Gasteiger partial charge in [-0.1, -0.05) is 71.5 Å². The molecule has 0 aromatic heterocycles. The van der Waals surface area contributed by atoms with E-state index < -0.39 is 8.07 Å². The predicted octanol–water partition coefficient (Wildman–Crippen LogP) is 4.46. The molecule has 2 heteroatoms. The summed E-state index contributed by atoms with van der Waals surface area (Å²) >= 11 is 0. The van der Waals surface area contributed by atoms with Gasteiger partial charge in [0.2, 0.25) is 0 Å². The fourth-order valence-corrected chi connectivity index (χ4v) is 9.63. The van der Waals surface area contributed by atoms with Crippen LogP contribution in [0.1, 0.15) is 41.5 Å². The third-order valence-corrected chi connectivity index (χ3v) is 8.88. The maximum atomic E-state index is 5.66. The first-order valence-electron chi connectivity index (χ1n) is 7.19. The SMILES string of the molecule is CC(C)C[Si](C=CCN)(CC(C)C)CC(C)C. The van der Waals surface area contributed by atoms with Gasteiger partial charge in [0.1, 0.15) is 0 Å². The Labute approximate surface area is 110 Å². The summed E-state index contributed by atoms with van der Waals surface area (Å²) in [6.07, 6.45) is 2.22. The third kappa shape index (κ3) is 7.77. The van der Waals surface area contributed by atoms with Crippen LogP contribution >= 0.6 is 0 Å². The van der Waals surface area contributed by atoms with Gasteiger partial charge in [-0.15, -0.1) is 0 Å². The summed E-state index contributed by atoms with van der Waals surface area (Å²) in [6, 6.07) is 4.25. The molecule has 0 saturated carbocycles. The first-order valence-corrected chi connectivity index (χ1v) is 9.89. The molecule has 0 aromatic rings. The molecule has 102 valence electrons. The molecule has 0 aliphatic carbocycles. The molecule has 0 heterocycles. The monoisotopic (exact) mass is 255 g/mol. The Hall–Kier alpha value is -0.0831. The molecular weight excluding hydrogens is 222 g/mol. The lowest BCUT2D eigenvalue weighted by Gasteiger charge is -2.34. The van der Waals surface area contributed by atoms with Crippen molar-refractivity contribution in [1.29, 1.82) is 0 Å². The first kappa shape index (κ1) is 16.9. The molecule has 0 atom stereocenters. The Kier molecular flexibility index (Phi) is 8.06. The summed E-state index contributed by atoms with van der Waals surface area (Å²) in [6.45, 7) is 14.9. The Morgan fingerprint density at radius 2 is 1.18 bits per heavy atom. The van der Waals surface area contributed by atoms with Crippen molar-refractivity contribution < 1.29 is 0 Å². The second kappa shape index (κ2) is 8.10. The second-order valence-corrected chi connectivity index (χ2v) is 11.1. The number of hydrogen-bond acceptors (Lipinski definition) is 1. The van der Waals surface area contributed by atoms with E-state index in [4.69, 9.17) is 5.73 Å². The van der Waals surface area contributed by atoms with Gasteiger partial charge >= 0.3 is 0 Å². The molecule has 0 spiro atoms. The highest BCUT2D eigenvalue weighted by atomic mass is 28.3. The lowest BCUT2D eigenvalue weighted by molar-refractivity contribution is 0.649. The standard InChI is InChI=1S/C15H33NSi/c1-13(2)10-17(9-7-8-16,11-14(3)4)12-15(5)6/h7,9,13-15H,8,10-12,16H2,1-6H3. The van der Waals surface area contributed by atoms with Crippen molar-refractivity contribution in [2.45, 2.75) is 59.7 Å². The average Bonchev–Trinajstić information content (AvgIpc) is 2.11. The molecule has 0 fully saturated rings. The quantitative estimate of drug-likeness (QED) is 0.637. The maximum Gasteiger partial charge on any atom is 0.0782 e. The van der Waals surface area contributed by atoms with Crippen LogP contribution < -0.4 is 5.73 Å². The zero-order valence-electron chi connectivity index (χ0n) is 12.8. The van der Waals surface area contributed by atoms with E-state index in [1.807, 2.05) is 0 Å². The van der Waals surface area contributed by atoms with Crippen molar-refractivity contribution in [2.75, 3.05) is 6.54 Å². The second-order valence-electron chi connectivity index (χ2n) is 6.79. The van der Waals surface area contributed by atoms with Crippen LogP contribution in [-0.2, 0) is 0 Å². The van der Waals surface area contributed by atoms with Gasteiger partial charge in [0, 0.05) is 6.54 Å². The minimum Gasteiger partial charge on any atom is -0.327 e. The van der Waals surface area contributed by atoms with Gasteiger partial charge in [0.05, 0.1) is 8.07 Å². The highest BCUT2D eigenvalue weighted by Crippen LogP contribution is 2.33. The number of nitrogens with two attached hydrogens (primary N) is 1. The molecule has 17 heavy (non-hydrogen) atoms. The van der Waals surface area contributed by atoms with E-state index in [0.29, 0.717) is 6.54 Å². The first-order chi connectivity index (χ1) is 7.81. The molecule has 1 nitrogen and oxygen atoms in total. The zero-order chi connectivity index (χ0) is 13.5. The van der Waals surface area contributed by atoms with Crippen LogP contribution in [0.25, 0.3) is 0 Å². The minimum atomic E-state index is -1.27. The van der Waals surface area contributed by atoms with Gasteiger partial charge in [-0.05, 0) is 17.8 Å². The highest BCUT2D eigenvalue weighted by molar-refractivity contribution is 6.84.